The van der Waals surface area contributed by atoms with Crippen molar-refractivity contribution in [1.82, 2.24) is 20.4 Å². The molecule has 3 rings (SSSR count). The SMILES string of the molecule is CN=C(NCC(C1CCCCC1)N(C)C)NCC(c1cccs1)N1CCOCC1.I. The highest BCUT2D eigenvalue weighted by Gasteiger charge is 2.26. The van der Waals surface area contributed by atoms with Gasteiger partial charge in [-0.3, -0.25) is 9.89 Å². The molecule has 0 aromatic carbocycles. The first-order valence-electron chi connectivity index (χ1n) is 11.1. The molecule has 30 heavy (non-hydrogen) atoms. The summed E-state index contributed by atoms with van der Waals surface area (Å²) in [5, 5.41) is 9.37. The number of halogens is 1. The molecule has 2 fully saturated rings. The second-order valence-corrected chi connectivity index (χ2v) is 9.42. The summed E-state index contributed by atoms with van der Waals surface area (Å²) in [7, 11) is 6.29. The van der Waals surface area contributed by atoms with E-state index in [4.69, 9.17) is 4.74 Å². The van der Waals surface area contributed by atoms with Crippen LogP contribution in [-0.2, 0) is 4.74 Å². The van der Waals surface area contributed by atoms with Gasteiger partial charge in [0, 0.05) is 44.1 Å². The maximum atomic E-state index is 5.56. The van der Waals surface area contributed by atoms with Crippen LogP contribution in [0, 0.1) is 5.92 Å². The summed E-state index contributed by atoms with van der Waals surface area (Å²) in [6.45, 7) is 5.41. The highest BCUT2D eigenvalue weighted by molar-refractivity contribution is 14.0. The van der Waals surface area contributed by atoms with Gasteiger partial charge in [0.05, 0.1) is 19.3 Å². The second kappa shape index (κ2) is 13.9. The molecular weight excluding hydrogens is 509 g/mol. The van der Waals surface area contributed by atoms with Gasteiger partial charge in [0.15, 0.2) is 5.96 Å². The molecule has 0 spiro atoms. The van der Waals surface area contributed by atoms with Gasteiger partial charge >= 0.3 is 0 Å². The number of rotatable bonds is 8. The fraction of sp³-hybridized carbons (Fsp3) is 0.773. The molecule has 2 atom stereocenters. The number of morpholine rings is 1. The number of thiophene rings is 1. The topological polar surface area (TPSA) is 52.1 Å². The van der Waals surface area contributed by atoms with Crippen molar-refractivity contribution in [2.45, 2.75) is 44.2 Å². The van der Waals surface area contributed by atoms with E-state index in [0.29, 0.717) is 12.1 Å². The van der Waals surface area contributed by atoms with Crippen molar-refractivity contribution in [1.29, 1.82) is 0 Å². The molecule has 2 unspecified atom stereocenters. The van der Waals surface area contributed by atoms with Crippen molar-refractivity contribution >= 4 is 41.3 Å². The number of nitrogens with zero attached hydrogens (tertiary/aromatic N) is 3. The predicted octanol–water partition coefficient (Wildman–Crippen LogP) is 3.41. The Kier molecular flexibility index (Phi) is 12.0. The summed E-state index contributed by atoms with van der Waals surface area (Å²) >= 11 is 1.84. The Morgan fingerprint density at radius 2 is 1.90 bits per heavy atom. The van der Waals surface area contributed by atoms with Gasteiger partial charge in [0.25, 0.3) is 0 Å². The van der Waals surface area contributed by atoms with Gasteiger partial charge in [-0.2, -0.15) is 0 Å². The lowest BCUT2D eigenvalue weighted by molar-refractivity contribution is 0.0177. The Hall–Kier alpha value is -0.420. The molecule has 0 radical (unpaired) electrons. The van der Waals surface area contributed by atoms with Crippen LogP contribution in [-0.4, -0.2) is 82.3 Å². The average Bonchev–Trinajstić information content (AvgIpc) is 3.28. The van der Waals surface area contributed by atoms with Crippen LogP contribution in [0.25, 0.3) is 0 Å². The molecule has 2 aliphatic rings. The van der Waals surface area contributed by atoms with Crippen LogP contribution in [0.2, 0.25) is 0 Å². The standard InChI is InChI=1S/C22H39N5OS.HI/c1-23-22(24-16-19(26(2)3)18-8-5-4-6-9-18)25-17-20(21-10-7-15-29-21)27-11-13-28-14-12-27;/h7,10,15,18-20H,4-6,8-9,11-14,16-17H2,1-3H3,(H2,23,24,25);1H. The normalized spacial score (nSPS) is 21.1. The molecule has 1 aromatic heterocycles. The Balaban J connectivity index is 0.00000320. The number of likely N-dealkylation sites (N-methyl/N-ethyl adjacent to an activating group) is 1. The third kappa shape index (κ3) is 7.62. The van der Waals surface area contributed by atoms with Crippen LogP contribution in [0.1, 0.15) is 43.0 Å². The molecule has 1 saturated heterocycles. The van der Waals surface area contributed by atoms with Crippen molar-refractivity contribution in [3.8, 4) is 0 Å². The fourth-order valence-corrected chi connectivity index (χ4v) is 5.55. The molecule has 1 saturated carbocycles. The van der Waals surface area contributed by atoms with E-state index in [1.807, 2.05) is 18.4 Å². The largest absolute Gasteiger partial charge is 0.379 e. The van der Waals surface area contributed by atoms with E-state index in [9.17, 15) is 0 Å². The van der Waals surface area contributed by atoms with E-state index in [0.717, 1.165) is 51.3 Å². The number of guanidine groups is 1. The van der Waals surface area contributed by atoms with E-state index < -0.39 is 0 Å². The number of hydrogen-bond acceptors (Lipinski definition) is 5. The summed E-state index contributed by atoms with van der Waals surface area (Å²) in [5.74, 6) is 1.69. The second-order valence-electron chi connectivity index (χ2n) is 8.44. The third-order valence-corrected chi connectivity index (χ3v) is 7.35. The Morgan fingerprint density at radius 1 is 1.20 bits per heavy atom. The summed E-state index contributed by atoms with van der Waals surface area (Å²) in [5.41, 5.74) is 0. The number of aliphatic imine (C=N–C) groups is 1. The Morgan fingerprint density at radius 3 is 2.50 bits per heavy atom. The van der Waals surface area contributed by atoms with E-state index in [1.54, 1.807) is 0 Å². The monoisotopic (exact) mass is 549 g/mol. The zero-order valence-corrected chi connectivity index (χ0v) is 22.0. The lowest BCUT2D eigenvalue weighted by atomic mass is 9.83. The van der Waals surface area contributed by atoms with E-state index in [2.05, 4.69) is 57.0 Å². The fourth-order valence-electron chi connectivity index (χ4n) is 4.68. The van der Waals surface area contributed by atoms with Crippen molar-refractivity contribution in [3.63, 3.8) is 0 Å². The molecule has 0 bridgehead atoms. The highest BCUT2D eigenvalue weighted by Crippen LogP contribution is 2.28. The lowest BCUT2D eigenvalue weighted by Gasteiger charge is -2.36. The summed E-state index contributed by atoms with van der Waals surface area (Å²) < 4.78 is 5.56. The summed E-state index contributed by atoms with van der Waals surface area (Å²) in [6.07, 6.45) is 6.87. The van der Waals surface area contributed by atoms with Crippen molar-refractivity contribution in [3.05, 3.63) is 22.4 Å². The van der Waals surface area contributed by atoms with Crippen LogP contribution < -0.4 is 10.6 Å². The first-order chi connectivity index (χ1) is 14.2. The Labute approximate surface area is 203 Å². The zero-order chi connectivity index (χ0) is 20.5. The van der Waals surface area contributed by atoms with Crippen LogP contribution in [0.5, 0.6) is 0 Å². The zero-order valence-electron chi connectivity index (χ0n) is 18.8. The van der Waals surface area contributed by atoms with Crippen molar-refractivity contribution in [2.24, 2.45) is 10.9 Å². The maximum Gasteiger partial charge on any atom is 0.191 e. The van der Waals surface area contributed by atoms with Gasteiger partial charge in [0.2, 0.25) is 0 Å². The summed E-state index contributed by atoms with van der Waals surface area (Å²) in [4.78, 5) is 10.8. The molecule has 172 valence electrons. The number of hydrogen-bond donors (Lipinski definition) is 2. The number of nitrogens with one attached hydrogen (secondary N) is 2. The summed E-state index contributed by atoms with van der Waals surface area (Å²) in [6, 6.07) is 5.31. The molecule has 1 aliphatic heterocycles. The van der Waals surface area contributed by atoms with Gasteiger partial charge in [0.1, 0.15) is 0 Å². The van der Waals surface area contributed by atoms with Crippen LogP contribution in [0.15, 0.2) is 22.5 Å². The van der Waals surface area contributed by atoms with Gasteiger partial charge in [-0.1, -0.05) is 25.3 Å². The molecule has 0 amide bonds. The third-order valence-electron chi connectivity index (χ3n) is 6.38. The van der Waals surface area contributed by atoms with E-state index in [1.165, 1.54) is 37.0 Å². The molecule has 1 aliphatic carbocycles. The molecule has 6 nitrogen and oxygen atoms in total. The Bertz CT molecular complexity index is 601. The van der Waals surface area contributed by atoms with Crippen molar-refractivity contribution in [2.75, 3.05) is 60.5 Å². The first-order valence-corrected chi connectivity index (χ1v) is 12.0. The van der Waals surface area contributed by atoms with Gasteiger partial charge < -0.3 is 20.3 Å². The molecule has 8 heteroatoms. The van der Waals surface area contributed by atoms with Gasteiger partial charge in [-0.25, -0.2) is 0 Å². The van der Waals surface area contributed by atoms with Crippen molar-refractivity contribution < 1.29 is 4.74 Å². The number of ether oxygens (including phenoxy) is 1. The van der Waals surface area contributed by atoms with Gasteiger partial charge in [-0.15, -0.1) is 35.3 Å². The van der Waals surface area contributed by atoms with E-state index in [-0.39, 0.29) is 24.0 Å². The molecule has 2 N–H and O–H groups in total. The smallest absolute Gasteiger partial charge is 0.191 e. The predicted molar refractivity (Wildman–Crippen MR) is 138 cm³/mol. The molecular formula is C22H40IN5OS. The van der Waals surface area contributed by atoms with Crippen LogP contribution >= 0.6 is 35.3 Å². The van der Waals surface area contributed by atoms with Gasteiger partial charge in [-0.05, 0) is 44.3 Å². The molecule has 2 heterocycles. The quantitative estimate of drug-likeness (QED) is 0.296. The maximum absolute atomic E-state index is 5.56. The lowest BCUT2D eigenvalue weighted by Crippen LogP contribution is -2.50. The first kappa shape index (κ1) is 25.8. The van der Waals surface area contributed by atoms with Crippen LogP contribution in [0.3, 0.4) is 0 Å². The minimum absolute atomic E-state index is 0. The molecule has 1 aromatic rings. The minimum Gasteiger partial charge on any atom is -0.379 e. The van der Waals surface area contributed by atoms with Crippen LogP contribution in [0.4, 0.5) is 0 Å². The average molecular weight is 550 g/mol. The minimum atomic E-state index is 0. The van der Waals surface area contributed by atoms with E-state index >= 15 is 0 Å². The highest BCUT2D eigenvalue weighted by atomic mass is 127.